The van der Waals surface area contributed by atoms with Crippen molar-refractivity contribution in [1.29, 1.82) is 0 Å². The number of para-hydroxylation sites is 1. The molecule has 0 atom stereocenters. The third-order valence-corrected chi connectivity index (χ3v) is 6.44. The summed E-state index contributed by atoms with van der Waals surface area (Å²) in [6, 6.07) is 13.1. The first kappa shape index (κ1) is 23.0. The van der Waals surface area contributed by atoms with Crippen molar-refractivity contribution in [2.45, 2.75) is 46.7 Å². The number of fused-ring (bicyclic) bond motifs is 1. The minimum atomic E-state index is -0.261. The first-order chi connectivity index (χ1) is 15.8. The van der Waals surface area contributed by atoms with E-state index >= 15 is 0 Å². The van der Waals surface area contributed by atoms with Gasteiger partial charge in [-0.1, -0.05) is 44.2 Å². The predicted molar refractivity (Wildman–Crippen MR) is 128 cm³/mol. The molecular formula is C27H32FN3O2. The fourth-order valence-corrected chi connectivity index (χ4v) is 4.56. The maximum atomic E-state index is 13.7. The van der Waals surface area contributed by atoms with E-state index in [9.17, 15) is 14.0 Å². The van der Waals surface area contributed by atoms with Crippen molar-refractivity contribution in [2.24, 2.45) is 11.8 Å². The summed E-state index contributed by atoms with van der Waals surface area (Å²) in [5.74, 6) is 0.0867. The molecule has 1 saturated heterocycles. The Labute approximate surface area is 194 Å². The topological polar surface area (TPSA) is 54.3 Å². The van der Waals surface area contributed by atoms with Gasteiger partial charge in [0.15, 0.2) is 0 Å². The van der Waals surface area contributed by atoms with Gasteiger partial charge in [-0.15, -0.1) is 0 Å². The van der Waals surface area contributed by atoms with Crippen LogP contribution in [0.3, 0.4) is 0 Å². The van der Waals surface area contributed by atoms with Gasteiger partial charge >= 0.3 is 0 Å². The van der Waals surface area contributed by atoms with Gasteiger partial charge in [0, 0.05) is 49.2 Å². The smallest absolute Gasteiger partial charge is 0.256 e. The van der Waals surface area contributed by atoms with Crippen molar-refractivity contribution < 1.29 is 14.0 Å². The number of rotatable bonds is 6. The number of hydrogen-bond donors (Lipinski definition) is 1. The van der Waals surface area contributed by atoms with Gasteiger partial charge in [-0.05, 0) is 48.9 Å². The SMILES string of the molecule is Cc1ccc(CNC(=O)C2CCN(C(=O)c3cn(CC(C)C)c4ccccc34)CC2)cc1F. The number of nitrogens with zero attached hydrogens (tertiary/aromatic N) is 2. The molecule has 33 heavy (non-hydrogen) atoms. The fraction of sp³-hybridized carbons (Fsp3) is 0.407. The van der Waals surface area contributed by atoms with Crippen LogP contribution in [0.1, 0.15) is 48.2 Å². The Morgan fingerprint density at radius 1 is 1.12 bits per heavy atom. The highest BCUT2D eigenvalue weighted by molar-refractivity contribution is 6.07. The fourth-order valence-electron chi connectivity index (χ4n) is 4.56. The molecule has 1 aromatic heterocycles. The molecule has 174 valence electrons. The van der Waals surface area contributed by atoms with Gasteiger partial charge in [0.2, 0.25) is 5.91 Å². The lowest BCUT2D eigenvalue weighted by Gasteiger charge is -2.31. The number of likely N-dealkylation sites (tertiary alicyclic amines) is 1. The molecule has 4 rings (SSSR count). The summed E-state index contributed by atoms with van der Waals surface area (Å²) in [5, 5.41) is 3.90. The molecule has 0 bridgehead atoms. The van der Waals surface area contributed by atoms with Crippen molar-refractivity contribution in [3.05, 3.63) is 71.2 Å². The first-order valence-electron chi connectivity index (χ1n) is 11.7. The van der Waals surface area contributed by atoms with E-state index in [4.69, 9.17) is 0 Å². The highest BCUT2D eigenvalue weighted by atomic mass is 19.1. The van der Waals surface area contributed by atoms with Crippen LogP contribution in [-0.4, -0.2) is 34.4 Å². The van der Waals surface area contributed by atoms with Crippen LogP contribution in [0, 0.1) is 24.6 Å². The molecule has 3 aromatic rings. The maximum absolute atomic E-state index is 13.7. The number of carbonyl (C=O) groups is 2. The van der Waals surface area contributed by atoms with Gasteiger partial charge in [-0.2, -0.15) is 0 Å². The van der Waals surface area contributed by atoms with E-state index in [0.717, 1.165) is 28.6 Å². The number of aryl methyl sites for hydroxylation is 1. The Morgan fingerprint density at radius 2 is 1.85 bits per heavy atom. The average molecular weight is 450 g/mol. The number of amides is 2. The van der Waals surface area contributed by atoms with Gasteiger partial charge in [-0.3, -0.25) is 9.59 Å². The second-order valence-corrected chi connectivity index (χ2v) is 9.47. The minimum absolute atomic E-state index is 0.0303. The van der Waals surface area contributed by atoms with Gasteiger partial charge in [0.25, 0.3) is 5.91 Å². The first-order valence-corrected chi connectivity index (χ1v) is 11.7. The lowest BCUT2D eigenvalue weighted by atomic mass is 9.95. The zero-order valence-electron chi connectivity index (χ0n) is 19.6. The van der Waals surface area contributed by atoms with Crippen LogP contribution < -0.4 is 5.32 Å². The molecule has 0 aliphatic carbocycles. The quantitative estimate of drug-likeness (QED) is 0.581. The predicted octanol–water partition coefficient (Wildman–Crippen LogP) is 4.91. The second kappa shape index (κ2) is 9.77. The Bertz CT molecular complexity index is 1160. The zero-order valence-corrected chi connectivity index (χ0v) is 19.6. The normalized spacial score (nSPS) is 14.8. The van der Waals surface area contributed by atoms with Crippen LogP contribution in [-0.2, 0) is 17.9 Å². The monoisotopic (exact) mass is 449 g/mol. The Hall–Kier alpha value is -3.15. The Kier molecular flexibility index (Phi) is 6.82. The zero-order chi connectivity index (χ0) is 23.5. The number of piperidine rings is 1. The van der Waals surface area contributed by atoms with E-state index in [1.165, 1.54) is 6.07 Å². The molecule has 0 radical (unpaired) electrons. The summed E-state index contributed by atoms with van der Waals surface area (Å²) in [4.78, 5) is 27.8. The highest BCUT2D eigenvalue weighted by Crippen LogP contribution is 2.26. The molecule has 5 nitrogen and oxygen atoms in total. The summed E-state index contributed by atoms with van der Waals surface area (Å²) in [6.45, 7) is 8.34. The number of carbonyl (C=O) groups excluding carboxylic acids is 2. The molecule has 0 unspecified atom stereocenters. The van der Waals surface area contributed by atoms with Crippen LogP contribution in [0.2, 0.25) is 0 Å². The lowest BCUT2D eigenvalue weighted by Crippen LogP contribution is -2.42. The molecule has 1 aliphatic heterocycles. The second-order valence-electron chi connectivity index (χ2n) is 9.47. The third-order valence-electron chi connectivity index (χ3n) is 6.44. The van der Waals surface area contributed by atoms with Crippen molar-refractivity contribution in [2.75, 3.05) is 13.1 Å². The number of nitrogens with one attached hydrogen (secondary N) is 1. The number of benzene rings is 2. The molecule has 2 aromatic carbocycles. The van der Waals surface area contributed by atoms with E-state index in [1.54, 1.807) is 13.0 Å². The van der Waals surface area contributed by atoms with Gasteiger partial charge in [-0.25, -0.2) is 4.39 Å². The molecule has 0 saturated carbocycles. The molecule has 0 spiro atoms. The summed E-state index contributed by atoms with van der Waals surface area (Å²) in [6.07, 6.45) is 3.24. The number of aromatic nitrogens is 1. The van der Waals surface area contributed by atoms with E-state index in [2.05, 4.69) is 29.8 Å². The van der Waals surface area contributed by atoms with Crippen LogP contribution in [0.5, 0.6) is 0 Å². The van der Waals surface area contributed by atoms with Crippen molar-refractivity contribution >= 4 is 22.7 Å². The van der Waals surface area contributed by atoms with E-state index in [1.807, 2.05) is 35.4 Å². The number of halogens is 1. The number of hydrogen-bond acceptors (Lipinski definition) is 2. The van der Waals surface area contributed by atoms with Crippen molar-refractivity contribution in [1.82, 2.24) is 14.8 Å². The molecule has 1 aliphatic rings. The van der Waals surface area contributed by atoms with Gasteiger partial charge in [0.05, 0.1) is 5.56 Å². The molecule has 1 N–H and O–H groups in total. The van der Waals surface area contributed by atoms with Crippen LogP contribution in [0.25, 0.3) is 10.9 Å². The molecule has 2 amide bonds. The summed E-state index contributed by atoms with van der Waals surface area (Å²) in [5.41, 5.74) is 3.15. The Balaban J connectivity index is 1.37. The molecular weight excluding hydrogens is 417 g/mol. The molecule has 6 heteroatoms. The summed E-state index contributed by atoms with van der Waals surface area (Å²) < 4.78 is 15.9. The van der Waals surface area contributed by atoms with E-state index in [-0.39, 0.29) is 23.5 Å². The lowest BCUT2D eigenvalue weighted by molar-refractivity contribution is -0.126. The van der Waals surface area contributed by atoms with Gasteiger partial charge in [0.1, 0.15) is 5.82 Å². The van der Waals surface area contributed by atoms with Crippen LogP contribution in [0.15, 0.2) is 48.7 Å². The van der Waals surface area contributed by atoms with Crippen LogP contribution in [0.4, 0.5) is 4.39 Å². The standard InChI is InChI=1S/C27H32FN3O2/c1-18(2)16-31-17-23(22-6-4-5-7-25(22)31)27(33)30-12-10-21(11-13-30)26(32)29-15-20-9-8-19(3)24(28)14-20/h4-9,14,17-18,21H,10-13,15-16H2,1-3H3,(H,29,32). The third kappa shape index (κ3) is 5.10. The van der Waals surface area contributed by atoms with Gasteiger partial charge < -0.3 is 14.8 Å². The maximum Gasteiger partial charge on any atom is 0.256 e. The minimum Gasteiger partial charge on any atom is -0.352 e. The average Bonchev–Trinajstić information content (AvgIpc) is 3.17. The molecule has 2 heterocycles. The van der Waals surface area contributed by atoms with E-state index < -0.39 is 0 Å². The summed E-state index contributed by atoms with van der Waals surface area (Å²) >= 11 is 0. The molecule has 1 fully saturated rings. The largest absolute Gasteiger partial charge is 0.352 e. The van der Waals surface area contributed by atoms with Crippen LogP contribution >= 0.6 is 0 Å². The Morgan fingerprint density at radius 3 is 2.55 bits per heavy atom. The van der Waals surface area contributed by atoms with Crippen molar-refractivity contribution in [3.63, 3.8) is 0 Å². The summed E-state index contributed by atoms with van der Waals surface area (Å²) in [7, 11) is 0. The van der Waals surface area contributed by atoms with E-state index in [0.29, 0.717) is 44.0 Å². The highest BCUT2D eigenvalue weighted by Gasteiger charge is 2.29. The van der Waals surface area contributed by atoms with Crippen molar-refractivity contribution in [3.8, 4) is 0 Å².